The Labute approximate surface area is 189 Å². The highest BCUT2D eigenvalue weighted by molar-refractivity contribution is 14.0. The van der Waals surface area contributed by atoms with Crippen LogP contribution in [0.15, 0.2) is 29.4 Å². The van der Waals surface area contributed by atoms with Crippen LogP contribution < -0.4 is 10.6 Å². The minimum absolute atomic E-state index is 0. The summed E-state index contributed by atoms with van der Waals surface area (Å²) in [6, 6.07) is 5.31. The number of aromatic nitrogens is 1. The molecule has 2 aromatic rings. The Balaban J connectivity index is 0.00000300. The molecular weight excluding hydrogens is 484 g/mol. The highest BCUT2D eigenvalue weighted by Crippen LogP contribution is 2.19. The molecule has 0 saturated carbocycles. The van der Waals surface area contributed by atoms with Gasteiger partial charge in [0, 0.05) is 70.1 Å². The van der Waals surface area contributed by atoms with Gasteiger partial charge in [0.05, 0.1) is 0 Å². The molecule has 1 aliphatic heterocycles. The van der Waals surface area contributed by atoms with E-state index in [9.17, 15) is 4.39 Å². The molecule has 1 aliphatic rings. The number of nitrogens with zero attached hydrogens (tertiary/aromatic N) is 2. The normalized spacial score (nSPS) is 16.0. The first kappa shape index (κ1) is 23.9. The highest BCUT2D eigenvalue weighted by Gasteiger charge is 2.19. The summed E-state index contributed by atoms with van der Waals surface area (Å²) in [6.07, 6.45) is 6.10. The van der Waals surface area contributed by atoms with Gasteiger partial charge in [-0.3, -0.25) is 4.99 Å². The van der Waals surface area contributed by atoms with E-state index in [4.69, 9.17) is 4.74 Å². The van der Waals surface area contributed by atoms with Crippen LogP contribution in [0.1, 0.15) is 24.8 Å². The lowest BCUT2D eigenvalue weighted by Gasteiger charge is -2.33. The number of nitrogens with one attached hydrogen (secondary N) is 3. The van der Waals surface area contributed by atoms with Gasteiger partial charge in [0.2, 0.25) is 0 Å². The number of likely N-dealkylation sites (tertiary alicyclic amines) is 1. The zero-order valence-corrected chi connectivity index (χ0v) is 19.7. The summed E-state index contributed by atoms with van der Waals surface area (Å²) in [5.41, 5.74) is 2.08. The summed E-state index contributed by atoms with van der Waals surface area (Å²) in [6.45, 7) is 4.91. The van der Waals surface area contributed by atoms with Crippen LogP contribution in [0.5, 0.6) is 0 Å². The van der Waals surface area contributed by atoms with Gasteiger partial charge in [0.15, 0.2) is 5.96 Å². The van der Waals surface area contributed by atoms with Crippen LogP contribution >= 0.6 is 24.0 Å². The van der Waals surface area contributed by atoms with Crippen molar-refractivity contribution in [2.24, 2.45) is 4.99 Å². The first-order chi connectivity index (χ1) is 13.7. The number of fused-ring (bicyclic) bond motifs is 1. The van der Waals surface area contributed by atoms with E-state index in [2.05, 4.69) is 25.5 Å². The third-order valence-electron chi connectivity index (χ3n) is 5.39. The minimum Gasteiger partial charge on any atom is -0.385 e. The van der Waals surface area contributed by atoms with Crippen LogP contribution in [0.3, 0.4) is 0 Å². The molecule has 1 aromatic heterocycles. The number of aromatic amines is 1. The Hall–Kier alpha value is -1.39. The quantitative estimate of drug-likeness (QED) is 0.218. The maximum atomic E-state index is 13.5. The van der Waals surface area contributed by atoms with E-state index in [0.717, 1.165) is 80.9 Å². The van der Waals surface area contributed by atoms with E-state index in [1.54, 1.807) is 26.3 Å². The molecule has 0 atom stereocenters. The van der Waals surface area contributed by atoms with Gasteiger partial charge in [-0.15, -0.1) is 24.0 Å². The van der Waals surface area contributed by atoms with Gasteiger partial charge >= 0.3 is 0 Å². The van der Waals surface area contributed by atoms with Crippen LogP contribution in [0.25, 0.3) is 10.9 Å². The lowest BCUT2D eigenvalue weighted by Crippen LogP contribution is -2.49. The van der Waals surface area contributed by atoms with Crippen molar-refractivity contribution in [3.63, 3.8) is 0 Å². The lowest BCUT2D eigenvalue weighted by atomic mass is 10.1. The molecular formula is C21H33FIN5O. The predicted molar refractivity (Wildman–Crippen MR) is 128 cm³/mol. The van der Waals surface area contributed by atoms with Crippen molar-refractivity contribution in [1.82, 2.24) is 20.5 Å². The monoisotopic (exact) mass is 517 g/mol. The van der Waals surface area contributed by atoms with Crippen molar-refractivity contribution >= 4 is 40.8 Å². The van der Waals surface area contributed by atoms with Crippen LogP contribution in [-0.2, 0) is 11.2 Å². The van der Waals surface area contributed by atoms with Gasteiger partial charge in [-0.2, -0.15) is 0 Å². The van der Waals surface area contributed by atoms with Gasteiger partial charge in [-0.1, -0.05) is 0 Å². The van der Waals surface area contributed by atoms with Gasteiger partial charge in [0.1, 0.15) is 5.82 Å². The van der Waals surface area contributed by atoms with E-state index >= 15 is 0 Å². The number of rotatable bonds is 8. The first-order valence-corrected chi connectivity index (χ1v) is 10.1. The predicted octanol–water partition coefficient (Wildman–Crippen LogP) is 3.13. The standard InChI is InChI=1S/C21H32FN5O.HI/c1-23-21(26-18-7-11-27(12-8-18)10-3-13-28-2)24-9-6-16-15-25-20-5-4-17(22)14-19(16)20;/h4-5,14-15,18,25H,3,6-13H2,1-2H3,(H2,23,24,26);1H. The number of aliphatic imine (C=N–C) groups is 1. The Morgan fingerprint density at radius 2 is 2.14 bits per heavy atom. The fourth-order valence-corrected chi connectivity index (χ4v) is 3.79. The average molecular weight is 517 g/mol. The molecule has 8 heteroatoms. The summed E-state index contributed by atoms with van der Waals surface area (Å²) in [5.74, 6) is 0.635. The molecule has 6 nitrogen and oxygen atoms in total. The molecule has 1 fully saturated rings. The minimum atomic E-state index is -0.202. The van der Waals surface area contributed by atoms with E-state index in [0.29, 0.717) is 6.04 Å². The zero-order valence-electron chi connectivity index (χ0n) is 17.3. The van der Waals surface area contributed by atoms with Gasteiger partial charge in [0.25, 0.3) is 0 Å². The van der Waals surface area contributed by atoms with Crippen molar-refractivity contribution in [2.45, 2.75) is 31.7 Å². The number of ether oxygens (including phenoxy) is 1. The van der Waals surface area contributed by atoms with Gasteiger partial charge < -0.3 is 25.3 Å². The molecule has 0 amide bonds. The van der Waals surface area contributed by atoms with Crippen LogP contribution in [-0.4, -0.2) is 68.8 Å². The molecule has 29 heavy (non-hydrogen) atoms. The second kappa shape index (κ2) is 12.3. The van der Waals surface area contributed by atoms with E-state index in [1.807, 2.05) is 6.20 Å². The van der Waals surface area contributed by atoms with Gasteiger partial charge in [-0.25, -0.2) is 4.39 Å². The summed E-state index contributed by atoms with van der Waals surface area (Å²) in [7, 11) is 3.56. The summed E-state index contributed by atoms with van der Waals surface area (Å²) in [4.78, 5) is 10.1. The maximum absolute atomic E-state index is 13.5. The number of H-pyrrole nitrogens is 1. The van der Waals surface area contributed by atoms with Crippen LogP contribution in [0.2, 0.25) is 0 Å². The van der Waals surface area contributed by atoms with Crippen LogP contribution in [0.4, 0.5) is 4.39 Å². The SMILES string of the molecule is CN=C(NCCc1c[nH]c2ccc(F)cc12)NC1CCN(CCCOC)CC1.I. The van der Waals surface area contributed by atoms with Crippen molar-refractivity contribution in [2.75, 3.05) is 46.9 Å². The maximum Gasteiger partial charge on any atom is 0.191 e. The molecule has 0 aliphatic carbocycles. The average Bonchev–Trinajstić information content (AvgIpc) is 3.10. The number of halogens is 2. The van der Waals surface area contributed by atoms with Crippen LogP contribution in [0, 0.1) is 5.82 Å². The van der Waals surface area contributed by atoms with E-state index in [-0.39, 0.29) is 29.8 Å². The molecule has 1 saturated heterocycles. The summed E-state index contributed by atoms with van der Waals surface area (Å²) < 4.78 is 18.6. The number of hydrogen-bond donors (Lipinski definition) is 3. The third kappa shape index (κ3) is 7.11. The Bertz CT molecular complexity index is 774. The smallest absolute Gasteiger partial charge is 0.191 e. The number of guanidine groups is 1. The molecule has 2 heterocycles. The highest BCUT2D eigenvalue weighted by atomic mass is 127. The fourth-order valence-electron chi connectivity index (χ4n) is 3.79. The van der Waals surface area contributed by atoms with Crippen molar-refractivity contribution < 1.29 is 9.13 Å². The Morgan fingerprint density at radius 1 is 1.34 bits per heavy atom. The molecule has 0 radical (unpaired) electrons. The number of methoxy groups -OCH3 is 1. The number of piperidine rings is 1. The Kier molecular flexibility index (Phi) is 10.2. The molecule has 3 N–H and O–H groups in total. The van der Waals surface area contributed by atoms with Gasteiger partial charge in [-0.05, 0) is 49.4 Å². The molecule has 0 spiro atoms. The Morgan fingerprint density at radius 3 is 2.86 bits per heavy atom. The topological polar surface area (TPSA) is 64.7 Å². The summed E-state index contributed by atoms with van der Waals surface area (Å²) >= 11 is 0. The first-order valence-electron chi connectivity index (χ1n) is 10.1. The second-order valence-electron chi connectivity index (χ2n) is 7.36. The zero-order chi connectivity index (χ0) is 19.8. The van der Waals surface area contributed by atoms with Crippen molar-refractivity contribution in [1.29, 1.82) is 0 Å². The molecule has 1 aromatic carbocycles. The van der Waals surface area contributed by atoms with Crippen molar-refractivity contribution in [3.05, 3.63) is 35.8 Å². The van der Waals surface area contributed by atoms with E-state index < -0.39 is 0 Å². The number of benzene rings is 1. The third-order valence-corrected chi connectivity index (χ3v) is 5.39. The molecule has 3 rings (SSSR count). The second-order valence-corrected chi connectivity index (χ2v) is 7.36. The number of hydrogen-bond acceptors (Lipinski definition) is 3. The fraction of sp³-hybridized carbons (Fsp3) is 0.571. The molecule has 162 valence electrons. The van der Waals surface area contributed by atoms with E-state index in [1.165, 1.54) is 6.07 Å². The largest absolute Gasteiger partial charge is 0.385 e. The molecule has 0 unspecified atom stereocenters. The van der Waals surface area contributed by atoms with Crippen molar-refractivity contribution in [3.8, 4) is 0 Å². The molecule has 0 bridgehead atoms. The summed E-state index contributed by atoms with van der Waals surface area (Å²) in [5, 5.41) is 7.88. The lowest BCUT2D eigenvalue weighted by molar-refractivity contribution is 0.155.